The van der Waals surface area contributed by atoms with E-state index >= 15 is 0 Å². The Hall–Kier alpha value is -2.48. The summed E-state index contributed by atoms with van der Waals surface area (Å²) < 4.78 is 5.73. The molecule has 0 aliphatic carbocycles. The molecular formula is C22H23ClN4O2S. The monoisotopic (exact) mass is 442 g/mol. The first kappa shape index (κ1) is 20.8. The minimum absolute atomic E-state index is 0.131. The number of pyridine rings is 1. The molecule has 0 bridgehead atoms. The Morgan fingerprint density at radius 1 is 1.13 bits per heavy atom. The standard InChI is InChI=1S/C22H23ClN4O2S/c23-18-3-5-20(6-4-18)29-15-21-25-19(16-30-21)12-22(28)27-10-8-26(9-11-27)14-17-2-1-7-24-13-17/h1-7,13,16H,8-12,14-15H2. The van der Waals surface area contributed by atoms with Gasteiger partial charge in [0.15, 0.2) is 0 Å². The molecule has 4 rings (SSSR count). The van der Waals surface area contributed by atoms with Gasteiger partial charge in [-0.15, -0.1) is 11.3 Å². The van der Waals surface area contributed by atoms with Gasteiger partial charge in [0, 0.05) is 55.5 Å². The number of nitrogens with zero attached hydrogens (tertiary/aromatic N) is 4. The maximum atomic E-state index is 12.7. The molecule has 2 aromatic heterocycles. The highest BCUT2D eigenvalue weighted by atomic mass is 35.5. The predicted molar refractivity (Wildman–Crippen MR) is 118 cm³/mol. The second-order valence-corrected chi connectivity index (χ2v) is 8.55. The number of aromatic nitrogens is 2. The smallest absolute Gasteiger partial charge is 0.228 e. The highest BCUT2D eigenvalue weighted by Crippen LogP contribution is 2.19. The molecule has 156 valence electrons. The number of hydrogen-bond acceptors (Lipinski definition) is 6. The van der Waals surface area contributed by atoms with Crippen LogP contribution in [0.2, 0.25) is 5.02 Å². The van der Waals surface area contributed by atoms with E-state index in [4.69, 9.17) is 16.3 Å². The molecule has 0 atom stereocenters. The number of piperazine rings is 1. The first-order chi connectivity index (χ1) is 14.7. The Morgan fingerprint density at radius 2 is 1.93 bits per heavy atom. The molecule has 0 radical (unpaired) electrons. The molecule has 3 aromatic rings. The number of rotatable bonds is 7. The third-order valence-electron chi connectivity index (χ3n) is 4.96. The van der Waals surface area contributed by atoms with Gasteiger partial charge in [-0.3, -0.25) is 14.7 Å². The van der Waals surface area contributed by atoms with Crippen molar-refractivity contribution in [2.45, 2.75) is 19.6 Å². The highest BCUT2D eigenvalue weighted by molar-refractivity contribution is 7.09. The zero-order valence-corrected chi connectivity index (χ0v) is 18.1. The zero-order chi connectivity index (χ0) is 20.8. The van der Waals surface area contributed by atoms with Crippen molar-refractivity contribution < 1.29 is 9.53 Å². The average molecular weight is 443 g/mol. The van der Waals surface area contributed by atoms with Crippen LogP contribution in [0.25, 0.3) is 0 Å². The van der Waals surface area contributed by atoms with Crippen molar-refractivity contribution in [1.82, 2.24) is 19.8 Å². The molecule has 0 spiro atoms. The molecular weight excluding hydrogens is 420 g/mol. The molecule has 30 heavy (non-hydrogen) atoms. The lowest BCUT2D eigenvalue weighted by Crippen LogP contribution is -2.48. The van der Waals surface area contributed by atoms with Crippen molar-refractivity contribution in [2.75, 3.05) is 26.2 Å². The highest BCUT2D eigenvalue weighted by Gasteiger charge is 2.22. The van der Waals surface area contributed by atoms with Gasteiger partial charge in [-0.05, 0) is 35.9 Å². The summed E-state index contributed by atoms with van der Waals surface area (Å²) in [4.78, 5) is 25.7. The molecule has 1 saturated heterocycles. The summed E-state index contributed by atoms with van der Waals surface area (Å²) in [7, 11) is 0. The van der Waals surface area contributed by atoms with Gasteiger partial charge in [0.05, 0.1) is 12.1 Å². The first-order valence-corrected chi connectivity index (χ1v) is 11.1. The third kappa shape index (κ3) is 5.78. The topological polar surface area (TPSA) is 58.6 Å². The van der Waals surface area contributed by atoms with E-state index in [1.165, 1.54) is 16.9 Å². The fourth-order valence-corrected chi connectivity index (χ4v) is 4.18. The van der Waals surface area contributed by atoms with E-state index in [0.29, 0.717) is 18.1 Å². The van der Waals surface area contributed by atoms with Crippen LogP contribution < -0.4 is 4.74 Å². The van der Waals surface area contributed by atoms with Crippen molar-refractivity contribution in [3.8, 4) is 5.75 Å². The minimum atomic E-state index is 0.131. The largest absolute Gasteiger partial charge is 0.486 e. The van der Waals surface area contributed by atoms with Crippen LogP contribution in [0, 0.1) is 0 Å². The van der Waals surface area contributed by atoms with E-state index < -0.39 is 0 Å². The van der Waals surface area contributed by atoms with E-state index in [-0.39, 0.29) is 5.91 Å². The number of thiazole rings is 1. The van der Waals surface area contributed by atoms with Crippen LogP contribution in [0.15, 0.2) is 54.2 Å². The Balaban J connectivity index is 1.22. The lowest BCUT2D eigenvalue weighted by molar-refractivity contribution is -0.132. The number of ether oxygens (including phenoxy) is 1. The van der Waals surface area contributed by atoms with Gasteiger partial charge in [-0.2, -0.15) is 0 Å². The first-order valence-electron chi connectivity index (χ1n) is 9.86. The van der Waals surface area contributed by atoms with E-state index in [0.717, 1.165) is 49.2 Å². The molecule has 3 heterocycles. The average Bonchev–Trinajstić information content (AvgIpc) is 3.22. The van der Waals surface area contributed by atoms with Crippen LogP contribution in [0.3, 0.4) is 0 Å². The van der Waals surface area contributed by atoms with Crippen LogP contribution in [0.4, 0.5) is 0 Å². The Labute approximate surface area is 185 Å². The number of carbonyl (C=O) groups is 1. The van der Waals surface area contributed by atoms with E-state index in [9.17, 15) is 4.79 Å². The second kappa shape index (κ2) is 10.0. The number of benzene rings is 1. The number of amides is 1. The van der Waals surface area contributed by atoms with Crippen molar-refractivity contribution in [1.29, 1.82) is 0 Å². The Bertz CT molecular complexity index is 957. The predicted octanol–water partition coefficient (Wildman–Crippen LogP) is 3.66. The molecule has 0 N–H and O–H groups in total. The zero-order valence-electron chi connectivity index (χ0n) is 16.5. The second-order valence-electron chi connectivity index (χ2n) is 7.17. The maximum absolute atomic E-state index is 12.7. The van der Waals surface area contributed by atoms with Crippen LogP contribution in [-0.4, -0.2) is 51.9 Å². The van der Waals surface area contributed by atoms with Crippen LogP contribution >= 0.6 is 22.9 Å². The molecule has 1 amide bonds. The van der Waals surface area contributed by atoms with Gasteiger partial charge in [0.25, 0.3) is 0 Å². The van der Waals surface area contributed by atoms with Gasteiger partial charge in [-0.1, -0.05) is 17.7 Å². The molecule has 1 aliphatic heterocycles. The van der Waals surface area contributed by atoms with E-state index in [1.54, 1.807) is 18.3 Å². The van der Waals surface area contributed by atoms with Crippen LogP contribution in [0.5, 0.6) is 5.75 Å². The summed E-state index contributed by atoms with van der Waals surface area (Å²) in [6.07, 6.45) is 4.02. The normalized spacial score (nSPS) is 14.6. The molecule has 1 fully saturated rings. The van der Waals surface area contributed by atoms with Gasteiger partial charge < -0.3 is 9.64 Å². The number of carbonyl (C=O) groups excluding carboxylic acids is 1. The van der Waals surface area contributed by atoms with Crippen molar-refractivity contribution in [2.24, 2.45) is 0 Å². The number of halogens is 1. The van der Waals surface area contributed by atoms with E-state index in [2.05, 4.69) is 20.9 Å². The summed E-state index contributed by atoms with van der Waals surface area (Å²) in [6, 6.07) is 11.3. The summed E-state index contributed by atoms with van der Waals surface area (Å²) in [5.41, 5.74) is 2.01. The Kier molecular flexibility index (Phi) is 6.94. The third-order valence-corrected chi connectivity index (χ3v) is 6.08. The SMILES string of the molecule is O=C(Cc1csc(COc2ccc(Cl)cc2)n1)N1CCN(Cc2cccnc2)CC1. The van der Waals surface area contributed by atoms with Crippen molar-refractivity contribution in [3.63, 3.8) is 0 Å². The molecule has 8 heteroatoms. The summed E-state index contributed by atoms with van der Waals surface area (Å²) in [5.74, 6) is 0.878. The van der Waals surface area contributed by atoms with Gasteiger partial charge >= 0.3 is 0 Å². The van der Waals surface area contributed by atoms with Crippen LogP contribution in [0.1, 0.15) is 16.3 Å². The summed E-state index contributed by atoms with van der Waals surface area (Å²) >= 11 is 7.40. The Morgan fingerprint density at radius 3 is 2.67 bits per heavy atom. The lowest BCUT2D eigenvalue weighted by atomic mass is 10.2. The fraction of sp³-hybridized carbons (Fsp3) is 0.318. The number of hydrogen-bond donors (Lipinski definition) is 0. The van der Waals surface area contributed by atoms with Gasteiger partial charge in [0.1, 0.15) is 17.4 Å². The molecule has 1 aromatic carbocycles. The van der Waals surface area contributed by atoms with E-state index in [1.807, 2.05) is 34.7 Å². The molecule has 6 nitrogen and oxygen atoms in total. The van der Waals surface area contributed by atoms with Gasteiger partial charge in [0.2, 0.25) is 5.91 Å². The van der Waals surface area contributed by atoms with Crippen LogP contribution in [-0.2, 0) is 24.4 Å². The minimum Gasteiger partial charge on any atom is -0.486 e. The maximum Gasteiger partial charge on any atom is 0.228 e. The molecule has 0 saturated carbocycles. The van der Waals surface area contributed by atoms with Gasteiger partial charge in [-0.25, -0.2) is 4.98 Å². The summed E-state index contributed by atoms with van der Waals surface area (Å²) in [5, 5.41) is 3.47. The lowest BCUT2D eigenvalue weighted by Gasteiger charge is -2.34. The van der Waals surface area contributed by atoms with Crippen molar-refractivity contribution >= 4 is 28.8 Å². The van der Waals surface area contributed by atoms with Crippen molar-refractivity contribution in [3.05, 3.63) is 75.5 Å². The molecule has 1 aliphatic rings. The quantitative estimate of drug-likeness (QED) is 0.559. The molecule has 0 unspecified atom stereocenters. The fourth-order valence-electron chi connectivity index (χ4n) is 3.34. The summed E-state index contributed by atoms with van der Waals surface area (Å²) in [6.45, 7) is 4.49.